The standard InChI is InChI=1S/C23H38O4/c24-23(19-11-7-17(8-12-19)3-1-5-21-15-25-21)27-20-13-9-18(10-14-20)4-2-6-22-16-26-22/h17-22H,1-16H2. The Hall–Kier alpha value is -0.610. The van der Waals surface area contributed by atoms with E-state index in [1.807, 2.05) is 0 Å². The number of esters is 1. The second-order valence-corrected chi connectivity index (χ2v) is 9.57. The number of carbonyl (C=O) groups excluding carboxylic acids is 1. The molecule has 154 valence electrons. The number of ether oxygens (including phenoxy) is 3. The minimum atomic E-state index is 0.106. The van der Waals surface area contributed by atoms with E-state index in [4.69, 9.17) is 14.2 Å². The fourth-order valence-electron chi connectivity index (χ4n) is 5.22. The van der Waals surface area contributed by atoms with Crippen molar-refractivity contribution in [2.75, 3.05) is 13.2 Å². The minimum absolute atomic E-state index is 0.106. The molecule has 0 radical (unpaired) electrons. The summed E-state index contributed by atoms with van der Waals surface area (Å²) in [6.07, 6.45) is 18.2. The van der Waals surface area contributed by atoms with E-state index in [-0.39, 0.29) is 18.0 Å². The van der Waals surface area contributed by atoms with Gasteiger partial charge in [0.15, 0.2) is 0 Å². The van der Waals surface area contributed by atoms with E-state index in [2.05, 4.69) is 0 Å². The second-order valence-electron chi connectivity index (χ2n) is 9.57. The Kier molecular flexibility index (Phi) is 7.10. The summed E-state index contributed by atoms with van der Waals surface area (Å²) in [5.74, 6) is 1.94. The molecule has 2 saturated heterocycles. The van der Waals surface area contributed by atoms with Crippen molar-refractivity contribution in [3.63, 3.8) is 0 Å². The second kappa shape index (κ2) is 9.73. The largest absolute Gasteiger partial charge is 0.462 e. The summed E-state index contributed by atoms with van der Waals surface area (Å²) in [7, 11) is 0. The maximum atomic E-state index is 12.6. The summed E-state index contributed by atoms with van der Waals surface area (Å²) < 4.78 is 16.5. The molecule has 0 bridgehead atoms. The Labute approximate surface area is 164 Å². The Morgan fingerprint density at radius 1 is 0.704 bits per heavy atom. The molecular formula is C23H38O4. The summed E-state index contributed by atoms with van der Waals surface area (Å²) in [5.41, 5.74) is 0. The maximum Gasteiger partial charge on any atom is 0.309 e. The Morgan fingerprint density at radius 2 is 1.19 bits per heavy atom. The average Bonchev–Trinajstić information content (AvgIpc) is 3.59. The quantitative estimate of drug-likeness (QED) is 0.395. The molecule has 2 aliphatic heterocycles. The van der Waals surface area contributed by atoms with Crippen LogP contribution in [-0.2, 0) is 19.0 Å². The molecule has 2 aliphatic carbocycles. The van der Waals surface area contributed by atoms with Gasteiger partial charge in [0.2, 0.25) is 0 Å². The van der Waals surface area contributed by atoms with Crippen molar-refractivity contribution in [2.24, 2.45) is 17.8 Å². The normalized spacial score (nSPS) is 38.4. The first kappa shape index (κ1) is 19.7. The van der Waals surface area contributed by atoms with Crippen LogP contribution in [0.3, 0.4) is 0 Å². The highest BCUT2D eigenvalue weighted by atomic mass is 16.6. The fraction of sp³-hybridized carbons (Fsp3) is 0.957. The van der Waals surface area contributed by atoms with Crippen molar-refractivity contribution in [3.05, 3.63) is 0 Å². The van der Waals surface area contributed by atoms with Gasteiger partial charge in [-0.2, -0.15) is 0 Å². The zero-order valence-electron chi connectivity index (χ0n) is 16.9. The van der Waals surface area contributed by atoms with Gasteiger partial charge >= 0.3 is 5.97 Å². The van der Waals surface area contributed by atoms with Gasteiger partial charge in [-0.3, -0.25) is 4.79 Å². The molecule has 2 unspecified atom stereocenters. The van der Waals surface area contributed by atoms with Crippen molar-refractivity contribution < 1.29 is 19.0 Å². The molecule has 2 saturated carbocycles. The first-order chi connectivity index (χ1) is 13.3. The molecule has 0 aromatic rings. The van der Waals surface area contributed by atoms with Gasteiger partial charge in [0.05, 0.1) is 31.3 Å². The molecule has 27 heavy (non-hydrogen) atoms. The van der Waals surface area contributed by atoms with Crippen LogP contribution < -0.4 is 0 Å². The molecular weight excluding hydrogens is 340 g/mol. The van der Waals surface area contributed by atoms with Gasteiger partial charge in [-0.15, -0.1) is 0 Å². The van der Waals surface area contributed by atoms with Crippen LogP contribution in [0, 0.1) is 17.8 Å². The van der Waals surface area contributed by atoms with Crippen LogP contribution in [0.1, 0.15) is 89.9 Å². The van der Waals surface area contributed by atoms with Crippen LogP contribution >= 0.6 is 0 Å². The number of carbonyl (C=O) groups is 1. The van der Waals surface area contributed by atoms with E-state index in [9.17, 15) is 4.79 Å². The molecule has 2 atom stereocenters. The number of epoxide rings is 2. The van der Waals surface area contributed by atoms with Crippen LogP contribution in [0.2, 0.25) is 0 Å². The smallest absolute Gasteiger partial charge is 0.309 e. The molecule has 4 aliphatic rings. The van der Waals surface area contributed by atoms with Gasteiger partial charge in [0, 0.05) is 0 Å². The van der Waals surface area contributed by atoms with Gasteiger partial charge in [-0.05, 0) is 76.0 Å². The van der Waals surface area contributed by atoms with E-state index >= 15 is 0 Å². The lowest BCUT2D eigenvalue weighted by Gasteiger charge is -2.31. The van der Waals surface area contributed by atoms with Gasteiger partial charge in [0.1, 0.15) is 6.10 Å². The highest BCUT2D eigenvalue weighted by Crippen LogP contribution is 2.35. The van der Waals surface area contributed by atoms with Gasteiger partial charge in [-0.1, -0.05) is 25.7 Å². The van der Waals surface area contributed by atoms with E-state index in [0.29, 0.717) is 12.2 Å². The summed E-state index contributed by atoms with van der Waals surface area (Å²) in [6.45, 7) is 1.97. The average molecular weight is 379 g/mol. The SMILES string of the molecule is O=C(OC1CCC(CCCC2CO2)CC1)C1CCC(CCCC2CO2)CC1. The first-order valence-corrected chi connectivity index (χ1v) is 11.7. The Balaban J connectivity index is 1.06. The molecule has 0 amide bonds. The van der Waals surface area contributed by atoms with Crippen LogP contribution in [0.25, 0.3) is 0 Å². The van der Waals surface area contributed by atoms with Crippen molar-refractivity contribution in [1.82, 2.24) is 0 Å². The van der Waals surface area contributed by atoms with Gasteiger partial charge in [0.25, 0.3) is 0 Å². The summed E-state index contributed by atoms with van der Waals surface area (Å²) >= 11 is 0. The van der Waals surface area contributed by atoms with Crippen LogP contribution in [0.4, 0.5) is 0 Å². The topological polar surface area (TPSA) is 51.4 Å². The van der Waals surface area contributed by atoms with Crippen molar-refractivity contribution in [3.8, 4) is 0 Å². The number of hydrogen-bond acceptors (Lipinski definition) is 4. The van der Waals surface area contributed by atoms with Crippen LogP contribution in [0.5, 0.6) is 0 Å². The lowest BCUT2D eigenvalue weighted by atomic mass is 9.79. The predicted octanol–water partition coefficient (Wildman–Crippen LogP) is 5.03. The highest BCUT2D eigenvalue weighted by Gasteiger charge is 2.31. The van der Waals surface area contributed by atoms with Crippen molar-refractivity contribution in [1.29, 1.82) is 0 Å². The molecule has 0 spiro atoms. The third kappa shape index (κ3) is 6.74. The van der Waals surface area contributed by atoms with Crippen molar-refractivity contribution >= 4 is 5.97 Å². The Bertz CT molecular complexity index is 455. The lowest BCUT2D eigenvalue weighted by Crippen LogP contribution is -2.30. The highest BCUT2D eigenvalue weighted by molar-refractivity contribution is 5.72. The summed E-state index contributed by atoms with van der Waals surface area (Å²) in [5, 5.41) is 0. The first-order valence-electron chi connectivity index (χ1n) is 11.7. The predicted molar refractivity (Wildman–Crippen MR) is 104 cm³/mol. The molecule has 0 N–H and O–H groups in total. The molecule has 4 nitrogen and oxygen atoms in total. The van der Waals surface area contributed by atoms with E-state index in [0.717, 1.165) is 50.7 Å². The third-order valence-corrected chi connectivity index (χ3v) is 7.34. The van der Waals surface area contributed by atoms with Gasteiger partial charge in [-0.25, -0.2) is 0 Å². The monoisotopic (exact) mass is 378 g/mol. The minimum Gasteiger partial charge on any atom is -0.462 e. The lowest BCUT2D eigenvalue weighted by molar-refractivity contribution is -0.157. The van der Waals surface area contributed by atoms with Crippen LogP contribution in [0.15, 0.2) is 0 Å². The van der Waals surface area contributed by atoms with E-state index in [1.165, 1.54) is 64.2 Å². The molecule has 4 rings (SSSR count). The molecule has 4 heteroatoms. The molecule has 2 heterocycles. The summed E-state index contributed by atoms with van der Waals surface area (Å²) in [6, 6.07) is 0. The molecule has 0 aromatic heterocycles. The zero-order valence-corrected chi connectivity index (χ0v) is 16.9. The maximum absolute atomic E-state index is 12.6. The van der Waals surface area contributed by atoms with Crippen LogP contribution in [-0.4, -0.2) is 37.5 Å². The molecule has 4 fully saturated rings. The Morgan fingerprint density at radius 3 is 1.67 bits per heavy atom. The van der Waals surface area contributed by atoms with Gasteiger partial charge < -0.3 is 14.2 Å². The van der Waals surface area contributed by atoms with E-state index in [1.54, 1.807) is 0 Å². The summed E-state index contributed by atoms with van der Waals surface area (Å²) in [4.78, 5) is 12.6. The third-order valence-electron chi connectivity index (χ3n) is 7.34. The van der Waals surface area contributed by atoms with E-state index < -0.39 is 0 Å². The van der Waals surface area contributed by atoms with Crippen molar-refractivity contribution in [2.45, 2.75) is 108 Å². The zero-order chi connectivity index (χ0) is 18.5. The molecule has 0 aromatic carbocycles. The number of rotatable bonds is 10. The number of hydrogen-bond donors (Lipinski definition) is 0. The fourth-order valence-corrected chi connectivity index (χ4v) is 5.22.